The molecule has 0 saturated carbocycles. The van der Waals surface area contributed by atoms with E-state index in [9.17, 15) is 0 Å². The maximum atomic E-state index is 3.16. The maximum absolute atomic E-state index is 3.16. The van der Waals surface area contributed by atoms with Crippen molar-refractivity contribution in [3.05, 3.63) is 0 Å². The number of hydrogen-bond acceptors (Lipinski definition) is 3. The number of rotatable bonds is 8. The Bertz CT molecular complexity index is 106. The summed E-state index contributed by atoms with van der Waals surface area (Å²) in [6, 6.07) is 0. The van der Waals surface area contributed by atoms with Gasteiger partial charge in [0.15, 0.2) is 0 Å². The molecule has 0 radical (unpaired) electrons. The van der Waals surface area contributed by atoms with E-state index in [1.54, 1.807) is 0 Å². The van der Waals surface area contributed by atoms with E-state index >= 15 is 0 Å². The zero-order valence-corrected chi connectivity index (χ0v) is 9.64. The Hall–Kier alpha value is -0.120. The van der Waals surface area contributed by atoms with Gasteiger partial charge in [-0.1, -0.05) is 6.92 Å². The first kappa shape index (κ1) is 12.9. The van der Waals surface area contributed by atoms with Crippen molar-refractivity contribution in [2.24, 2.45) is 0 Å². The van der Waals surface area contributed by atoms with Crippen molar-refractivity contribution in [1.82, 2.24) is 15.1 Å². The molecule has 0 fully saturated rings. The first-order valence-corrected chi connectivity index (χ1v) is 5.22. The van der Waals surface area contributed by atoms with E-state index in [-0.39, 0.29) is 0 Å². The minimum atomic E-state index is 1.08. The summed E-state index contributed by atoms with van der Waals surface area (Å²) in [6.45, 7) is 7.98. The van der Waals surface area contributed by atoms with Gasteiger partial charge in [0, 0.05) is 26.2 Å². The van der Waals surface area contributed by atoms with Crippen LogP contribution in [-0.4, -0.2) is 63.7 Å². The summed E-state index contributed by atoms with van der Waals surface area (Å²) in [6.07, 6.45) is 1.25. The molecule has 0 bridgehead atoms. The maximum Gasteiger partial charge on any atom is 0.0107 e. The average molecular weight is 187 g/mol. The van der Waals surface area contributed by atoms with Gasteiger partial charge in [0.25, 0.3) is 0 Å². The van der Waals surface area contributed by atoms with E-state index in [0.29, 0.717) is 0 Å². The molecule has 0 amide bonds. The zero-order valence-electron chi connectivity index (χ0n) is 9.64. The van der Waals surface area contributed by atoms with Gasteiger partial charge in [0.2, 0.25) is 0 Å². The molecule has 0 spiro atoms. The minimum Gasteiger partial charge on any atom is -0.318 e. The third-order valence-electron chi connectivity index (χ3n) is 2.21. The van der Waals surface area contributed by atoms with Crippen LogP contribution in [0.3, 0.4) is 0 Å². The van der Waals surface area contributed by atoms with Crippen LogP contribution in [-0.2, 0) is 0 Å². The van der Waals surface area contributed by atoms with Gasteiger partial charge in [-0.05, 0) is 34.1 Å². The highest BCUT2D eigenvalue weighted by atomic mass is 15.2. The van der Waals surface area contributed by atoms with Crippen LogP contribution in [0.2, 0.25) is 0 Å². The molecular weight excluding hydrogens is 162 g/mol. The van der Waals surface area contributed by atoms with Crippen LogP contribution in [0.5, 0.6) is 0 Å². The largest absolute Gasteiger partial charge is 0.318 e. The lowest BCUT2D eigenvalue weighted by Gasteiger charge is -2.21. The van der Waals surface area contributed by atoms with Gasteiger partial charge in [-0.15, -0.1) is 0 Å². The molecule has 3 nitrogen and oxygen atoms in total. The molecule has 0 unspecified atom stereocenters. The van der Waals surface area contributed by atoms with Crippen LogP contribution < -0.4 is 5.32 Å². The quantitative estimate of drug-likeness (QED) is 0.596. The summed E-state index contributed by atoms with van der Waals surface area (Å²) in [7, 11) is 6.36. The Balaban J connectivity index is 3.29. The van der Waals surface area contributed by atoms with E-state index in [2.05, 4.69) is 36.1 Å². The van der Waals surface area contributed by atoms with Gasteiger partial charge in [-0.2, -0.15) is 0 Å². The van der Waals surface area contributed by atoms with E-state index in [1.807, 2.05) is 7.05 Å². The van der Waals surface area contributed by atoms with Crippen molar-refractivity contribution < 1.29 is 0 Å². The van der Waals surface area contributed by atoms with Crippen LogP contribution >= 0.6 is 0 Å². The topological polar surface area (TPSA) is 18.5 Å². The fraction of sp³-hybridized carbons (Fsp3) is 1.00. The molecule has 80 valence electrons. The Kier molecular flexibility index (Phi) is 8.40. The van der Waals surface area contributed by atoms with Gasteiger partial charge in [-0.3, -0.25) is 0 Å². The molecule has 0 aromatic carbocycles. The standard InChI is InChI=1S/C10H25N3/c1-5-7-12(3)9-10-13(4)8-6-11-2/h11H,5-10H2,1-4H3. The average Bonchev–Trinajstić information content (AvgIpc) is 2.12. The Morgan fingerprint density at radius 1 is 0.923 bits per heavy atom. The van der Waals surface area contributed by atoms with Crippen molar-refractivity contribution in [2.45, 2.75) is 13.3 Å². The monoisotopic (exact) mass is 187 g/mol. The molecule has 0 heterocycles. The molecule has 0 aliphatic carbocycles. The Morgan fingerprint density at radius 3 is 1.92 bits per heavy atom. The Morgan fingerprint density at radius 2 is 1.46 bits per heavy atom. The third kappa shape index (κ3) is 8.22. The highest BCUT2D eigenvalue weighted by Gasteiger charge is 1.99. The predicted octanol–water partition coefficient (Wildman–Crippen LogP) is 0.479. The van der Waals surface area contributed by atoms with Crippen molar-refractivity contribution >= 4 is 0 Å². The molecule has 0 saturated heterocycles. The van der Waals surface area contributed by atoms with Crippen molar-refractivity contribution in [3.8, 4) is 0 Å². The predicted molar refractivity (Wildman–Crippen MR) is 59.2 cm³/mol. The van der Waals surface area contributed by atoms with Crippen LogP contribution in [0, 0.1) is 0 Å². The second kappa shape index (κ2) is 8.48. The van der Waals surface area contributed by atoms with Crippen molar-refractivity contribution in [3.63, 3.8) is 0 Å². The lowest BCUT2D eigenvalue weighted by molar-refractivity contribution is 0.258. The second-order valence-corrected chi connectivity index (χ2v) is 3.71. The van der Waals surface area contributed by atoms with Crippen LogP contribution in [0.15, 0.2) is 0 Å². The highest BCUT2D eigenvalue weighted by Crippen LogP contribution is 1.88. The minimum absolute atomic E-state index is 1.08. The summed E-state index contributed by atoms with van der Waals surface area (Å²) >= 11 is 0. The van der Waals surface area contributed by atoms with E-state index in [1.165, 1.54) is 19.5 Å². The van der Waals surface area contributed by atoms with Gasteiger partial charge in [0.1, 0.15) is 0 Å². The molecule has 3 heteroatoms. The molecule has 0 aromatic heterocycles. The lowest BCUT2D eigenvalue weighted by Crippen LogP contribution is -2.34. The summed E-state index contributed by atoms with van der Waals surface area (Å²) in [4.78, 5) is 4.75. The molecule has 13 heavy (non-hydrogen) atoms. The second-order valence-electron chi connectivity index (χ2n) is 3.71. The van der Waals surface area contributed by atoms with Crippen LogP contribution in [0.4, 0.5) is 0 Å². The molecule has 0 aliphatic heterocycles. The Labute approximate surface area is 83.1 Å². The molecule has 0 atom stereocenters. The number of likely N-dealkylation sites (N-methyl/N-ethyl adjacent to an activating group) is 3. The van der Waals surface area contributed by atoms with Gasteiger partial charge < -0.3 is 15.1 Å². The van der Waals surface area contributed by atoms with Crippen molar-refractivity contribution in [2.75, 3.05) is 53.9 Å². The molecule has 0 aromatic rings. The zero-order chi connectivity index (χ0) is 10.1. The normalized spacial score (nSPS) is 11.5. The fourth-order valence-electron chi connectivity index (χ4n) is 1.25. The van der Waals surface area contributed by atoms with Crippen molar-refractivity contribution in [1.29, 1.82) is 0 Å². The molecule has 0 rings (SSSR count). The fourth-order valence-corrected chi connectivity index (χ4v) is 1.25. The first-order valence-electron chi connectivity index (χ1n) is 5.22. The molecular formula is C10H25N3. The SMILES string of the molecule is CCCN(C)CCN(C)CCNC. The van der Waals surface area contributed by atoms with Gasteiger partial charge >= 0.3 is 0 Å². The van der Waals surface area contributed by atoms with Crippen LogP contribution in [0.25, 0.3) is 0 Å². The van der Waals surface area contributed by atoms with Gasteiger partial charge in [-0.25, -0.2) is 0 Å². The first-order chi connectivity index (χ1) is 6.20. The summed E-state index contributed by atoms with van der Waals surface area (Å²) < 4.78 is 0. The third-order valence-corrected chi connectivity index (χ3v) is 2.21. The molecule has 0 aliphatic rings. The number of hydrogen-bond donors (Lipinski definition) is 1. The van der Waals surface area contributed by atoms with Crippen LogP contribution in [0.1, 0.15) is 13.3 Å². The highest BCUT2D eigenvalue weighted by molar-refractivity contribution is 4.57. The smallest absolute Gasteiger partial charge is 0.0107 e. The van der Waals surface area contributed by atoms with Gasteiger partial charge in [0.05, 0.1) is 0 Å². The number of nitrogens with one attached hydrogen (secondary N) is 1. The lowest BCUT2D eigenvalue weighted by atomic mass is 10.4. The van der Waals surface area contributed by atoms with E-state index < -0.39 is 0 Å². The number of nitrogens with zero attached hydrogens (tertiary/aromatic N) is 2. The summed E-state index contributed by atoms with van der Waals surface area (Å²) in [5.74, 6) is 0. The summed E-state index contributed by atoms with van der Waals surface area (Å²) in [5.41, 5.74) is 0. The van der Waals surface area contributed by atoms with E-state index in [0.717, 1.165) is 19.6 Å². The molecule has 1 N–H and O–H groups in total. The summed E-state index contributed by atoms with van der Waals surface area (Å²) in [5, 5.41) is 3.16. The van der Waals surface area contributed by atoms with E-state index in [4.69, 9.17) is 0 Å².